The maximum absolute atomic E-state index is 11.6. The average molecular weight is 240 g/mol. The first-order chi connectivity index (χ1) is 8.10. The Kier molecular flexibility index (Phi) is 3.28. The molecule has 1 N–H and O–H groups in total. The Morgan fingerprint density at radius 2 is 2.53 bits per heavy atom. The van der Waals surface area contributed by atoms with Crippen molar-refractivity contribution >= 4 is 0 Å². The maximum atomic E-state index is 11.6. The Bertz CT molecular complexity index is 453. The van der Waals surface area contributed by atoms with E-state index >= 15 is 0 Å². The summed E-state index contributed by atoms with van der Waals surface area (Å²) in [6.07, 6.45) is 3.94. The molecule has 17 heavy (non-hydrogen) atoms. The van der Waals surface area contributed by atoms with Gasteiger partial charge in [0, 0.05) is 25.9 Å². The fourth-order valence-electron chi connectivity index (χ4n) is 1.97. The van der Waals surface area contributed by atoms with Crippen molar-refractivity contribution in [3.8, 4) is 0 Å². The standard InChI is InChI=1S/C11H16N2O4/c1-8-5-12-10(15)13(6-8)9-3-4-11(7-14,16-2)17-9/h5-6,9,14H,3-4,7H2,1-2H3/t9-,11+/m0/s1. The maximum Gasteiger partial charge on any atom is 0.349 e. The number of aliphatic hydroxyl groups is 1. The van der Waals surface area contributed by atoms with E-state index in [1.54, 1.807) is 6.20 Å². The fraction of sp³-hybridized carbons (Fsp3) is 0.636. The van der Waals surface area contributed by atoms with Gasteiger partial charge in [-0.25, -0.2) is 9.78 Å². The third-order valence-electron chi connectivity index (χ3n) is 2.99. The first-order valence-electron chi connectivity index (χ1n) is 5.49. The second kappa shape index (κ2) is 4.56. The Hall–Kier alpha value is -1.24. The van der Waals surface area contributed by atoms with Crippen molar-refractivity contribution in [2.24, 2.45) is 0 Å². The van der Waals surface area contributed by atoms with Crippen LogP contribution in [0.3, 0.4) is 0 Å². The molecule has 0 amide bonds. The summed E-state index contributed by atoms with van der Waals surface area (Å²) >= 11 is 0. The monoisotopic (exact) mass is 240 g/mol. The van der Waals surface area contributed by atoms with E-state index in [4.69, 9.17) is 9.47 Å². The molecule has 2 atom stereocenters. The Morgan fingerprint density at radius 1 is 1.76 bits per heavy atom. The van der Waals surface area contributed by atoms with E-state index in [0.717, 1.165) is 5.56 Å². The molecule has 1 saturated heterocycles. The van der Waals surface area contributed by atoms with Crippen LogP contribution in [-0.2, 0) is 9.47 Å². The lowest BCUT2D eigenvalue weighted by Gasteiger charge is -2.25. The molecule has 0 saturated carbocycles. The van der Waals surface area contributed by atoms with E-state index in [2.05, 4.69) is 4.98 Å². The van der Waals surface area contributed by atoms with Gasteiger partial charge in [-0.05, 0) is 18.9 Å². The van der Waals surface area contributed by atoms with Gasteiger partial charge in [-0.15, -0.1) is 0 Å². The number of rotatable bonds is 3. The number of aliphatic hydroxyl groups excluding tert-OH is 1. The highest BCUT2D eigenvalue weighted by Gasteiger charge is 2.41. The van der Waals surface area contributed by atoms with Crippen molar-refractivity contribution in [1.82, 2.24) is 9.55 Å². The zero-order chi connectivity index (χ0) is 12.5. The number of ether oxygens (including phenoxy) is 2. The molecule has 2 heterocycles. The van der Waals surface area contributed by atoms with E-state index in [-0.39, 0.29) is 12.3 Å². The van der Waals surface area contributed by atoms with Gasteiger partial charge in [0.15, 0.2) is 5.79 Å². The van der Waals surface area contributed by atoms with Crippen molar-refractivity contribution in [3.63, 3.8) is 0 Å². The second-order valence-corrected chi connectivity index (χ2v) is 4.21. The van der Waals surface area contributed by atoms with Crippen molar-refractivity contribution in [3.05, 3.63) is 28.4 Å². The summed E-state index contributed by atoms with van der Waals surface area (Å²) in [4.78, 5) is 15.4. The van der Waals surface area contributed by atoms with Gasteiger partial charge in [0.2, 0.25) is 0 Å². The van der Waals surface area contributed by atoms with Gasteiger partial charge in [-0.2, -0.15) is 0 Å². The SMILES string of the molecule is CO[C@]1(CO)CC[C@@H](n2cc(C)cnc2=O)O1. The third kappa shape index (κ3) is 2.24. The molecule has 0 bridgehead atoms. The number of hydrogen-bond acceptors (Lipinski definition) is 5. The van der Waals surface area contributed by atoms with Crippen LogP contribution in [0.5, 0.6) is 0 Å². The molecule has 2 rings (SSSR count). The van der Waals surface area contributed by atoms with Gasteiger partial charge in [-0.1, -0.05) is 0 Å². The van der Waals surface area contributed by atoms with Crippen molar-refractivity contribution in [1.29, 1.82) is 0 Å². The van der Waals surface area contributed by atoms with E-state index in [1.807, 2.05) is 6.92 Å². The molecule has 1 aliphatic rings. The summed E-state index contributed by atoms with van der Waals surface area (Å²) in [7, 11) is 1.48. The van der Waals surface area contributed by atoms with Gasteiger partial charge in [0.1, 0.15) is 6.23 Å². The molecular weight excluding hydrogens is 224 g/mol. The van der Waals surface area contributed by atoms with Crippen molar-refractivity contribution in [2.75, 3.05) is 13.7 Å². The quantitative estimate of drug-likeness (QED) is 0.816. The van der Waals surface area contributed by atoms with Gasteiger partial charge < -0.3 is 14.6 Å². The Balaban J connectivity index is 2.26. The van der Waals surface area contributed by atoms with Crippen LogP contribution in [0.25, 0.3) is 0 Å². The van der Waals surface area contributed by atoms with Crippen LogP contribution in [0, 0.1) is 6.92 Å². The van der Waals surface area contributed by atoms with Crippen LogP contribution in [0.2, 0.25) is 0 Å². The highest BCUT2D eigenvalue weighted by Crippen LogP contribution is 2.35. The fourth-order valence-corrected chi connectivity index (χ4v) is 1.97. The molecule has 1 fully saturated rings. The van der Waals surface area contributed by atoms with E-state index in [9.17, 15) is 9.90 Å². The third-order valence-corrected chi connectivity index (χ3v) is 2.99. The zero-order valence-electron chi connectivity index (χ0n) is 9.92. The molecule has 0 radical (unpaired) electrons. The van der Waals surface area contributed by atoms with Crippen LogP contribution in [0.15, 0.2) is 17.2 Å². The minimum Gasteiger partial charge on any atom is -0.391 e. The van der Waals surface area contributed by atoms with E-state index in [1.165, 1.54) is 17.9 Å². The summed E-state index contributed by atoms with van der Waals surface area (Å²) in [5.74, 6) is -0.992. The lowest BCUT2D eigenvalue weighted by molar-refractivity contribution is -0.242. The summed E-state index contributed by atoms with van der Waals surface area (Å²) in [5, 5.41) is 9.25. The smallest absolute Gasteiger partial charge is 0.349 e. The van der Waals surface area contributed by atoms with Crippen molar-refractivity contribution < 1.29 is 14.6 Å². The lowest BCUT2D eigenvalue weighted by Crippen LogP contribution is -2.36. The normalized spacial score (nSPS) is 28.5. The van der Waals surface area contributed by atoms with Crippen LogP contribution in [0.1, 0.15) is 24.6 Å². The van der Waals surface area contributed by atoms with Crippen LogP contribution in [0.4, 0.5) is 0 Å². The van der Waals surface area contributed by atoms with E-state index in [0.29, 0.717) is 12.8 Å². The summed E-state index contributed by atoms with van der Waals surface area (Å²) in [6, 6.07) is 0. The predicted octanol–water partition coefficient (Wildman–Crippen LogP) is 0.196. The molecule has 1 aliphatic heterocycles. The Labute approximate surface area is 98.8 Å². The molecular formula is C11H16N2O4. The van der Waals surface area contributed by atoms with Crippen LogP contribution < -0.4 is 5.69 Å². The lowest BCUT2D eigenvalue weighted by atomic mass is 10.2. The average Bonchev–Trinajstić information content (AvgIpc) is 2.77. The Morgan fingerprint density at radius 3 is 3.12 bits per heavy atom. The first-order valence-corrected chi connectivity index (χ1v) is 5.49. The van der Waals surface area contributed by atoms with Gasteiger partial charge in [0.25, 0.3) is 0 Å². The largest absolute Gasteiger partial charge is 0.391 e. The molecule has 0 aromatic carbocycles. The number of methoxy groups -OCH3 is 1. The second-order valence-electron chi connectivity index (χ2n) is 4.21. The number of aryl methyl sites for hydroxylation is 1. The highest BCUT2D eigenvalue weighted by molar-refractivity contribution is 5.01. The number of aromatic nitrogens is 2. The number of hydrogen-bond donors (Lipinski definition) is 1. The molecule has 94 valence electrons. The van der Waals surface area contributed by atoms with Gasteiger partial charge in [0.05, 0.1) is 6.61 Å². The molecule has 1 aromatic heterocycles. The van der Waals surface area contributed by atoms with Gasteiger partial charge >= 0.3 is 5.69 Å². The first kappa shape index (κ1) is 12.2. The topological polar surface area (TPSA) is 73.6 Å². The summed E-state index contributed by atoms with van der Waals surface area (Å²) in [6.45, 7) is 1.63. The zero-order valence-corrected chi connectivity index (χ0v) is 9.92. The molecule has 6 heteroatoms. The van der Waals surface area contributed by atoms with Crippen molar-refractivity contribution in [2.45, 2.75) is 31.8 Å². The summed E-state index contributed by atoms with van der Waals surface area (Å²) in [5.41, 5.74) is 0.526. The van der Waals surface area contributed by atoms with Gasteiger partial charge in [-0.3, -0.25) is 4.57 Å². The highest BCUT2D eigenvalue weighted by atomic mass is 16.7. The molecule has 6 nitrogen and oxygen atoms in total. The van der Waals surface area contributed by atoms with E-state index < -0.39 is 12.0 Å². The molecule has 0 aliphatic carbocycles. The molecule has 0 spiro atoms. The predicted molar refractivity (Wildman–Crippen MR) is 59.4 cm³/mol. The minimum atomic E-state index is -0.992. The van der Waals surface area contributed by atoms with Crippen LogP contribution >= 0.6 is 0 Å². The summed E-state index contributed by atoms with van der Waals surface area (Å²) < 4.78 is 12.2. The molecule has 0 unspecified atom stereocenters. The van der Waals surface area contributed by atoms with Crippen LogP contribution in [-0.4, -0.2) is 34.2 Å². The minimum absolute atomic E-state index is 0.228. The molecule has 1 aromatic rings. The number of nitrogens with zero attached hydrogens (tertiary/aromatic N) is 2.